The van der Waals surface area contributed by atoms with E-state index in [2.05, 4.69) is 41.5 Å². The van der Waals surface area contributed by atoms with Gasteiger partial charge in [0, 0.05) is 0 Å². The molecular weight excluding hydrogens is 367 g/mol. The van der Waals surface area contributed by atoms with Crippen LogP contribution in [0.4, 0.5) is 0 Å². The molecule has 0 saturated heterocycles. The summed E-state index contributed by atoms with van der Waals surface area (Å²) in [5, 5.41) is 0. The van der Waals surface area contributed by atoms with Crippen molar-refractivity contribution in [3.63, 3.8) is 0 Å². The van der Waals surface area contributed by atoms with Gasteiger partial charge in [-0.15, -0.1) is 0 Å². The lowest BCUT2D eigenvalue weighted by atomic mass is 9.57. The third kappa shape index (κ3) is 8.11. The van der Waals surface area contributed by atoms with Gasteiger partial charge in [0.15, 0.2) is 0 Å². The standard InChI is InChI=1S/C24H51O3P/c1-7-13-18-21(16-10-4)24(12-6,22(17-11-5)19-14-8-2)23(20-15-9-3)28(25,26)27/h21-23H,7-20H2,1-6H3,(H2,25,26,27). The Hall–Kier alpha value is 0.150. The Morgan fingerprint density at radius 3 is 1.32 bits per heavy atom. The van der Waals surface area contributed by atoms with Gasteiger partial charge in [0.25, 0.3) is 0 Å². The van der Waals surface area contributed by atoms with Crippen molar-refractivity contribution in [3.8, 4) is 0 Å². The van der Waals surface area contributed by atoms with Crippen molar-refractivity contribution in [3.05, 3.63) is 0 Å². The summed E-state index contributed by atoms with van der Waals surface area (Å²) in [7, 11) is -4.16. The fraction of sp³-hybridized carbons (Fsp3) is 1.00. The Morgan fingerprint density at radius 1 is 0.643 bits per heavy atom. The Bertz CT molecular complexity index is 400. The first-order chi connectivity index (χ1) is 13.3. The van der Waals surface area contributed by atoms with E-state index in [9.17, 15) is 14.4 Å². The van der Waals surface area contributed by atoms with Crippen molar-refractivity contribution >= 4 is 7.60 Å². The molecule has 0 rings (SSSR count). The Balaban J connectivity index is 6.44. The summed E-state index contributed by atoms with van der Waals surface area (Å²) >= 11 is 0. The lowest BCUT2D eigenvalue weighted by Gasteiger charge is -2.52. The van der Waals surface area contributed by atoms with Crippen LogP contribution in [0.5, 0.6) is 0 Å². The van der Waals surface area contributed by atoms with Crippen LogP contribution in [0.25, 0.3) is 0 Å². The van der Waals surface area contributed by atoms with Crippen molar-refractivity contribution in [2.75, 3.05) is 0 Å². The quantitative estimate of drug-likeness (QED) is 0.220. The van der Waals surface area contributed by atoms with Crippen LogP contribution in [0.2, 0.25) is 0 Å². The summed E-state index contributed by atoms with van der Waals surface area (Å²) in [5.74, 6) is 0.843. The molecule has 0 saturated carbocycles. The summed E-state index contributed by atoms with van der Waals surface area (Å²) in [6.07, 6.45) is 14.8. The van der Waals surface area contributed by atoms with Crippen LogP contribution in [0.15, 0.2) is 0 Å². The topological polar surface area (TPSA) is 57.5 Å². The van der Waals surface area contributed by atoms with Crippen LogP contribution in [-0.2, 0) is 4.57 Å². The zero-order chi connectivity index (χ0) is 21.6. The van der Waals surface area contributed by atoms with E-state index in [1.54, 1.807) is 0 Å². The molecule has 0 aromatic heterocycles. The molecule has 0 aliphatic heterocycles. The second-order valence-corrected chi connectivity index (χ2v) is 10.8. The van der Waals surface area contributed by atoms with Crippen LogP contribution >= 0.6 is 7.60 Å². The summed E-state index contributed by atoms with van der Waals surface area (Å²) in [5.41, 5.74) is -0.711. The van der Waals surface area contributed by atoms with Gasteiger partial charge in [0.2, 0.25) is 0 Å². The fourth-order valence-electron chi connectivity index (χ4n) is 5.80. The van der Waals surface area contributed by atoms with Gasteiger partial charge in [0.1, 0.15) is 0 Å². The second-order valence-electron chi connectivity index (χ2n) is 8.97. The molecule has 3 atom stereocenters. The van der Waals surface area contributed by atoms with Gasteiger partial charge in [-0.1, -0.05) is 106 Å². The van der Waals surface area contributed by atoms with Gasteiger partial charge in [-0.05, 0) is 42.9 Å². The molecular formula is C24H51O3P. The molecule has 0 aliphatic rings. The Morgan fingerprint density at radius 2 is 1.04 bits per heavy atom. The number of unbranched alkanes of at least 4 members (excludes halogenated alkanes) is 3. The summed E-state index contributed by atoms with van der Waals surface area (Å²) < 4.78 is 12.9. The van der Waals surface area contributed by atoms with E-state index in [1.807, 2.05) is 0 Å². The molecule has 3 nitrogen and oxygen atoms in total. The zero-order valence-corrected chi connectivity index (χ0v) is 20.8. The van der Waals surface area contributed by atoms with Gasteiger partial charge in [0.05, 0.1) is 5.66 Å². The predicted octanol–water partition coefficient (Wildman–Crippen LogP) is 8.33. The molecule has 0 amide bonds. The molecule has 0 aliphatic carbocycles. The van der Waals surface area contributed by atoms with Crippen LogP contribution in [0, 0.1) is 17.3 Å². The van der Waals surface area contributed by atoms with Gasteiger partial charge in [-0.2, -0.15) is 0 Å². The summed E-state index contributed by atoms with van der Waals surface area (Å²) in [6, 6.07) is 0. The van der Waals surface area contributed by atoms with Crippen LogP contribution in [0.3, 0.4) is 0 Å². The van der Waals surface area contributed by atoms with E-state index in [0.717, 1.165) is 70.6 Å². The molecule has 0 fully saturated rings. The minimum Gasteiger partial charge on any atom is -0.324 e. The minimum absolute atomic E-state index is 0.232. The Kier molecular flexibility index (Phi) is 15.1. The highest BCUT2D eigenvalue weighted by atomic mass is 31.2. The average Bonchev–Trinajstić information content (AvgIpc) is 2.65. The normalized spacial score (nSPS) is 17.9. The largest absolute Gasteiger partial charge is 0.329 e. The van der Waals surface area contributed by atoms with Crippen LogP contribution in [0.1, 0.15) is 131 Å². The van der Waals surface area contributed by atoms with Gasteiger partial charge in [-0.25, -0.2) is 0 Å². The maximum Gasteiger partial charge on any atom is 0.329 e. The molecule has 0 radical (unpaired) electrons. The molecule has 0 spiro atoms. The molecule has 170 valence electrons. The van der Waals surface area contributed by atoms with Gasteiger partial charge >= 0.3 is 7.60 Å². The Labute approximate surface area is 176 Å². The van der Waals surface area contributed by atoms with Crippen molar-refractivity contribution < 1.29 is 14.4 Å². The first-order valence-electron chi connectivity index (χ1n) is 12.3. The maximum absolute atomic E-state index is 12.9. The highest BCUT2D eigenvalue weighted by Crippen LogP contribution is 2.62. The van der Waals surface area contributed by atoms with Crippen LogP contribution < -0.4 is 0 Å². The smallest absolute Gasteiger partial charge is 0.324 e. The molecule has 4 heteroatoms. The highest BCUT2D eigenvalue weighted by Gasteiger charge is 2.53. The first kappa shape index (κ1) is 28.1. The van der Waals surface area contributed by atoms with Crippen LogP contribution in [-0.4, -0.2) is 15.4 Å². The molecule has 0 aromatic rings. The minimum atomic E-state index is -4.16. The van der Waals surface area contributed by atoms with Crippen molar-refractivity contribution in [2.24, 2.45) is 17.3 Å². The summed E-state index contributed by atoms with van der Waals surface area (Å²) in [6.45, 7) is 13.3. The van der Waals surface area contributed by atoms with E-state index in [0.29, 0.717) is 18.3 Å². The molecule has 3 unspecified atom stereocenters. The monoisotopic (exact) mass is 418 g/mol. The second kappa shape index (κ2) is 15.0. The molecule has 28 heavy (non-hydrogen) atoms. The zero-order valence-electron chi connectivity index (χ0n) is 19.9. The van der Waals surface area contributed by atoms with Crippen molar-refractivity contribution in [1.29, 1.82) is 0 Å². The van der Waals surface area contributed by atoms with E-state index in [-0.39, 0.29) is 5.41 Å². The molecule has 0 aromatic carbocycles. The van der Waals surface area contributed by atoms with E-state index < -0.39 is 13.3 Å². The average molecular weight is 419 g/mol. The van der Waals surface area contributed by atoms with E-state index >= 15 is 0 Å². The lowest BCUT2D eigenvalue weighted by molar-refractivity contribution is 0.0204. The molecule has 0 bridgehead atoms. The van der Waals surface area contributed by atoms with E-state index in [4.69, 9.17) is 0 Å². The number of hydrogen-bond acceptors (Lipinski definition) is 1. The van der Waals surface area contributed by atoms with Gasteiger partial charge in [-0.3, -0.25) is 4.57 Å². The van der Waals surface area contributed by atoms with Gasteiger partial charge < -0.3 is 9.79 Å². The molecule has 2 N–H and O–H groups in total. The lowest BCUT2D eigenvalue weighted by Crippen LogP contribution is -2.47. The maximum atomic E-state index is 12.9. The highest BCUT2D eigenvalue weighted by molar-refractivity contribution is 7.52. The predicted molar refractivity (Wildman–Crippen MR) is 124 cm³/mol. The SMILES string of the molecule is CCCCC(CCC)C(CC)(C(CCC)CCCC)C(CCCC)P(=O)(O)O. The summed E-state index contributed by atoms with van der Waals surface area (Å²) in [4.78, 5) is 21.1. The third-order valence-corrected chi connectivity index (χ3v) is 8.63. The first-order valence-corrected chi connectivity index (χ1v) is 14.0. The van der Waals surface area contributed by atoms with Crippen molar-refractivity contribution in [1.82, 2.24) is 0 Å². The third-order valence-electron chi connectivity index (χ3n) is 7.08. The van der Waals surface area contributed by atoms with E-state index in [1.165, 1.54) is 12.8 Å². The number of rotatable bonds is 18. The molecule has 0 heterocycles. The van der Waals surface area contributed by atoms with Crippen molar-refractivity contribution in [2.45, 2.75) is 137 Å². The number of hydrogen-bond donors (Lipinski definition) is 2. The fourth-order valence-corrected chi connectivity index (χ4v) is 7.55.